The van der Waals surface area contributed by atoms with E-state index in [0.29, 0.717) is 26.0 Å². The Morgan fingerprint density at radius 2 is 1.84 bits per heavy atom. The van der Waals surface area contributed by atoms with Crippen LogP contribution in [0, 0.1) is 0 Å². The average Bonchev–Trinajstić information content (AvgIpc) is 3.12. The van der Waals surface area contributed by atoms with Crippen LogP contribution in [0.1, 0.15) is 29.5 Å². The summed E-state index contributed by atoms with van der Waals surface area (Å²) in [4.78, 5) is 11.9. The second-order valence-electron chi connectivity index (χ2n) is 6.11. The highest BCUT2D eigenvalue weighted by Crippen LogP contribution is 2.18. The van der Waals surface area contributed by atoms with Gasteiger partial charge in [0.2, 0.25) is 5.91 Å². The normalized spacial score (nSPS) is 12.5. The standard InChI is InChI=1S/C20H24N2O3/c1-24-18-6-8-19(9-7-18)25-10-2-3-20(23)22-12-15-4-5-16-13-21-14-17(16)11-15/h4-9,11,21H,2-3,10,12-14H2,1H3,(H,22,23). The SMILES string of the molecule is COc1ccc(OCCCC(=O)NCc2ccc3c(c2)CNC3)cc1. The number of ether oxygens (including phenoxy) is 2. The Kier molecular flexibility index (Phi) is 5.90. The molecule has 0 saturated heterocycles. The van der Waals surface area contributed by atoms with Crippen LogP contribution in [0.3, 0.4) is 0 Å². The molecule has 0 aromatic heterocycles. The molecule has 0 aliphatic carbocycles. The first kappa shape index (κ1) is 17.3. The Hall–Kier alpha value is -2.53. The molecule has 0 unspecified atom stereocenters. The maximum atomic E-state index is 11.9. The Bertz CT molecular complexity index is 713. The van der Waals surface area contributed by atoms with Gasteiger partial charge in [0.15, 0.2) is 0 Å². The number of nitrogens with one attached hydrogen (secondary N) is 2. The molecule has 25 heavy (non-hydrogen) atoms. The maximum absolute atomic E-state index is 11.9. The smallest absolute Gasteiger partial charge is 0.220 e. The Labute approximate surface area is 148 Å². The molecule has 1 aliphatic heterocycles. The molecule has 0 fully saturated rings. The first-order valence-electron chi connectivity index (χ1n) is 8.59. The second kappa shape index (κ2) is 8.53. The summed E-state index contributed by atoms with van der Waals surface area (Å²) in [5.74, 6) is 1.64. The zero-order valence-corrected chi connectivity index (χ0v) is 14.5. The van der Waals surface area contributed by atoms with E-state index in [1.165, 1.54) is 11.1 Å². The maximum Gasteiger partial charge on any atom is 0.220 e. The Balaban J connectivity index is 1.34. The highest BCUT2D eigenvalue weighted by Gasteiger charge is 2.10. The molecule has 2 aromatic rings. The van der Waals surface area contributed by atoms with Gasteiger partial charge in [0, 0.05) is 26.1 Å². The predicted octanol–water partition coefficient (Wildman–Crippen LogP) is 2.77. The van der Waals surface area contributed by atoms with E-state index < -0.39 is 0 Å². The van der Waals surface area contributed by atoms with Crippen molar-refractivity contribution < 1.29 is 14.3 Å². The fourth-order valence-corrected chi connectivity index (χ4v) is 2.84. The van der Waals surface area contributed by atoms with Gasteiger partial charge in [0.05, 0.1) is 13.7 Å². The number of carbonyl (C=O) groups is 1. The van der Waals surface area contributed by atoms with Crippen LogP contribution >= 0.6 is 0 Å². The molecule has 1 heterocycles. The van der Waals surface area contributed by atoms with E-state index in [9.17, 15) is 4.79 Å². The van der Waals surface area contributed by atoms with Gasteiger partial charge in [0.25, 0.3) is 0 Å². The van der Waals surface area contributed by atoms with E-state index >= 15 is 0 Å². The van der Waals surface area contributed by atoms with Crippen LogP contribution in [0.2, 0.25) is 0 Å². The van der Waals surface area contributed by atoms with Crippen molar-refractivity contribution >= 4 is 5.91 Å². The Morgan fingerprint density at radius 1 is 1.08 bits per heavy atom. The second-order valence-corrected chi connectivity index (χ2v) is 6.11. The van der Waals surface area contributed by atoms with Gasteiger partial charge in [-0.3, -0.25) is 4.79 Å². The molecule has 2 aromatic carbocycles. The van der Waals surface area contributed by atoms with Crippen molar-refractivity contribution in [2.45, 2.75) is 32.5 Å². The zero-order valence-electron chi connectivity index (χ0n) is 14.5. The first-order chi connectivity index (χ1) is 12.2. The van der Waals surface area contributed by atoms with Crippen molar-refractivity contribution in [2.24, 2.45) is 0 Å². The first-order valence-corrected chi connectivity index (χ1v) is 8.59. The van der Waals surface area contributed by atoms with Crippen LogP contribution in [0.5, 0.6) is 11.5 Å². The highest BCUT2D eigenvalue weighted by atomic mass is 16.5. The molecule has 3 rings (SSSR count). The summed E-state index contributed by atoms with van der Waals surface area (Å²) in [6, 6.07) is 13.8. The van der Waals surface area contributed by atoms with Gasteiger partial charge in [-0.2, -0.15) is 0 Å². The highest BCUT2D eigenvalue weighted by molar-refractivity contribution is 5.75. The zero-order chi connectivity index (χ0) is 17.5. The van der Waals surface area contributed by atoms with Crippen molar-refractivity contribution in [1.29, 1.82) is 0 Å². The largest absolute Gasteiger partial charge is 0.497 e. The van der Waals surface area contributed by atoms with Crippen LogP contribution in [0.15, 0.2) is 42.5 Å². The van der Waals surface area contributed by atoms with Crippen molar-refractivity contribution in [3.05, 3.63) is 59.2 Å². The van der Waals surface area contributed by atoms with E-state index in [0.717, 1.165) is 30.2 Å². The monoisotopic (exact) mass is 340 g/mol. The summed E-state index contributed by atoms with van der Waals surface area (Å²) >= 11 is 0. The number of methoxy groups -OCH3 is 1. The fraction of sp³-hybridized carbons (Fsp3) is 0.350. The topological polar surface area (TPSA) is 59.6 Å². The van der Waals surface area contributed by atoms with E-state index in [1.807, 2.05) is 24.3 Å². The summed E-state index contributed by atoms with van der Waals surface area (Å²) in [7, 11) is 1.63. The van der Waals surface area contributed by atoms with E-state index in [1.54, 1.807) is 7.11 Å². The van der Waals surface area contributed by atoms with Gasteiger partial charge in [-0.1, -0.05) is 18.2 Å². The third-order valence-corrected chi connectivity index (χ3v) is 4.27. The van der Waals surface area contributed by atoms with Crippen LogP contribution in [0.25, 0.3) is 0 Å². The van der Waals surface area contributed by atoms with Gasteiger partial charge in [-0.15, -0.1) is 0 Å². The van der Waals surface area contributed by atoms with E-state index in [4.69, 9.17) is 9.47 Å². The van der Waals surface area contributed by atoms with Crippen molar-refractivity contribution in [3.63, 3.8) is 0 Å². The third kappa shape index (κ3) is 4.97. The minimum atomic E-state index is 0.0527. The lowest BCUT2D eigenvalue weighted by Crippen LogP contribution is -2.23. The van der Waals surface area contributed by atoms with Crippen molar-refractivity contribution in [2.75, 3.05) is 13.7 Å². The van der Waals surface area contributed by atoms with Crippen LogP contribution in [-0.4, -0.2) is 19.6 Å². The summed E-state index contributed by atoms with van der Waals surface area (Å²) in [5.41, 5.74) is 3.83. The van der Waals surface area contributed by atoms with Gasteiger partial charge in [0.1, 0.15) is 11.5 Å². The third-order valence-electron chi connectivity index (χ3n) is 4.27. The lowest BCUT2D eigenvalue weighted by molar-refractivity contribution is -0.121. The van der Waals surface area contributed by atoms with Gasteiger partial charge in [-0.25, -0.2) is 0 Å². The number of hydrogen-bond donors (Lipinski definition) is 2. The summed E-state index contributed by atoms with van der Waals surface area (Å²) in [5, 5.41) is 6.30. The molecule has 1 aliphatic rings. The minimum absolute atomic E-state index is 0.0527. The summed E-state index contributed by atoms with van der Waals surface area (Å²) in [6.07, 6.45) is 1.15. The molecule has 2 N–H and O–H groups in total. The van der Waals surface area contributed by atoms with Crippen molar-refractivity contribution in [3.8, 4) is 11.5 Å². The molecule has 0 bridgehead atoms. The van der Waals surface area contributed by atoms with E-state index in [2.05, 4.69) is 28.8 Å². The van der Waals surface area contributed by atoms with Crippen LogP contribution in [-0.2, 0) is 24.4 Å². The van der Waals surface area contributed by atoms with Crippen molar-refractivity contribution in [1.82, 2.24) is 10.6 Å². The average molecular weight is 340 g/mol. The molecule has 0 radical (unpaired) electrons. The molecule has 0 saturated carbocycles. The molecular weight excluding hydrogens is 316 g/mol. The molecule has 132 valence electrons. The quantitative estimate of drug-likeness (QED) is 0.726. The molecule has 0 atom stereocenters. The number of rotatable bonds is 8. The van der Waals surface area contributed by atoms with Gasteiger partial charge >= 0.3 is 0 Å². The molecule has 0 spiro atoms. The molecular formula is C20H24N2O3. The minimum Gasteiger partial charge on any atom is -0.497 e. The molecule has 1 amide bonds. The fourth-order valence-electron chi connectivity index (χ4n) is 2.84. The van der Waals surface area contributed by atoms with Crippen LogP contribution in [0.4, 0.5) is 0 Å². The number of amides is 1. The van der Waals surface area contributed by atoms with Crippen LogP contribution < -0.4 is 20.1 Å². The predicted molar refractivity (Wildman–Crippen MR) is 96.6 cm³/mol. The van der Waals surface area contributed by atoms with Gasteiger partial charge < -0.3 is 20.1 Å². The molecule has 5 heteroatoms. The lowest BCUT2D eigenvalue weighted by Gasteiger charge is -2.08. The summed E-state index contributed by atoms with van der Waals surface area (Å²) < 4.78 is 10.7. The number of carbonyl (C=O) groups excluding carboxylic acids is 1. The van der Waals surface area contributed by atoms with E-state index in [-0.39, 0.29) is 5.91 Å². The summed E-state index contributed by atoms with van der Waals surface area (Å²) in [6.45, 7) is 2.95. The van der Waals surface area contributed by atoms with Gasteiger partial charge in [-0.05, 0) is 47.4 Å². The Morgan fingerprint density at radius 3 is 2.64 bits per heavy atom. The number of benzene rings is 2. The number of fused-ring (bicyclic) bond motifs is 1. The lowest BCUT2D eigenvalue weighted by atomic mass is 10.1. The number of hydrogen-bond acceptors (Lipinski definition) is 4. The molecule has 5 nitrogen and oxygen atoms in total.